The van der Waals surface area contributed by atoms with E-state index in [4.69, 9.17) is 4.74 Å². The molecule has 0 spiro atoms. The van der Waals surface area contributed by atoms with Crippen LogP contribution in [0, 0.1) is 0 Å². The molecule has 0 aliphatic rings. The minimum absolute atomic E-state index is 0.0707. The number of ether oxygens (including phenoxy) is 1. The summed E-state index contributed by atoms with van der Waals surface area (Å²) < 4.78 is 43.1. The molecular formula is C20H18F3N5O3. The number of halogens is 3. The lowest BCUT2D eigenvalue weighted by Gasteiger charge is -2.08. The summed E-state index contributed by atoms with van der Waals surface area (Å²) in [5.41, 5.74) is -0.852. The van der Waals surface area contributed by atoms with Crippen molar-refractivity contribution in [1.29, 1.82) is 0 Å². The van der Waals surface area contributed by atoms with Crippen molar-refractivity contribution < 1.29 is 22.7 Å². The fraction of sp³-hybridized carbons (Fsp3) is 0.200. The first kappa shape index (κ1) is 21.8. The normalized spacial score (nSPS) is 11.6. The minimum atomic E-state index is -4.44. The molecule has 0 saturated carbocycles. The van der Waals surface area contributed by atoms with Crippen molar-refractivity contribution in [3.05, 3.63) is 81.3 Å². The fourth-order valence-corrected chi connectivity index (χ4v) is 2.54. The van der Waals surface area contributed by atoms with E-state index in [1.807, 2.05) is 6.92 Å². The number of alkyl halides is 3. The number of rotatable bonds is 7. The van der Waals surface area contributed by atoms with Crippen LogP contribution in [0.3, 0.4) is 0 Å². The van der Waals surface area contributed by atoms with Crippen LogP contribution in [0.25, 0.3) is 0 Å². The number of aromatic nitrogens is 3. The van der Waals surface area contributed by atoms with E-state index in [-0.39, 0.29) is 6.54 Å². The Bertz CT molecular complexity index is 1120. The summed E-state index contributed by atoms with van der Waals surface area (Å²) in [6.07, 6.45) is -3.03. The van der Waals surface area contributed by atoms with E-state index in [1.54, 1.807) is 24.3 Å². The molecule has 3 aromatic rings. The van der Waals surface area contributed by atoms with Gasteiger partial charge in [0.25, 0.3) is 5.91 Å². The van der Waals surface area contributed by atoms with Crippen LogP contribution >= 0.6 is 0 Å². The number of hydrogen-bond donors (Lipinski definition) is 2. The summed E-state index contributed by atoms with van der Waals surface area (Å²) in [6.45, 7) is 2.34. The first-order chi connectivity index (χ1) is 14.8. The zero-order valence-corrected chi connectivity index (χ0v) is 16.3. The van der Waals surface area contributed by atoms with Crippen molar-refractivity contribution in [2.24, 2.45) is 5.10 Å². The van der Waals surface area contributed by atoms with Gasteiger partial charge in [-0.05, 0) is 54.4 Å². The second kappa shape index (κ2) is 9.28. The number of nitrogens with one attached hydrogen (secondary N) is 2. The second-order valence-corrected chi connectivity index (χ2v) is 6.30. The summed E-state index contributed by atoms with van der Waals surface area (Å²) >= 11 is 0. The van der Waals surface area contributed by atoms with Crippen molar-refractivity contribution in [2.75, 3.05) is 6.61 Å². The molecule has 0 fully saturated rings. The quantitative estimate of drug-likeness (QED) is 0.560. The van der Waals surface area contributed by atoms with Crippen molar-refractivity contribution in [3.63, 3.8) is 0 Å². The first-order valence-electron chi connectivity index (χ1n) is 9.17. The third kappa shape index (κ3) is 5.59. The smallest absolute Gasteiger partial charge is 0.416 e. The zero-order valence-electron chi connectivity index (χ0n) is 16.3. The Morgan fingerprint density at radius 3 is 2.48 bits per heavy atom. The van der Waals surface area contributed by atoms with Gasteiger partial charge in [-0.25, -0.2) is 0 Å². The molecule has 0 bridgehead atoms. The van der Waals surface area contributed by atoms with Gasteiger partial charge in [-0.15, -0.1) is 9.89 Å². The lowest BCUT2D eigenvalue weighted by Crippen LogP contribution is -2.29. The predicted molar refractivity (Wildman–Crippen MR) is 106 cm³/mol. The average Bonchev–Trinajstić information content (AvgIpc) is 3.12. The summed E-state index contributed by atoms with van der Waals surface area (Å²) in [6, 6.07) is 11.3. The highest BCUT2D eigenvalue weighted by Gasteiger charge is 2.29. The van der Waals surface area contributed by atoms with Crippen LogP contribution in [0.2, 0.25) is 0 Å². The van der Waals surface area contributed by atoms with Crippen LogP contribution in [-0.4, -0.2) is 33.8 Å². The Kier molecular flexibility index (Phi) is 6.53. The van der Waals surface area contributed by atoms with E-state index < -0.39 is 28.9 Å². The van der Waals surface area contributed by atoms with Crippen LogP contribution < -0.4 is 15.6 Å². The monoisotopic (exact) mass is 433 g/mol. The van der Waals surface area contributed by atoms with Gasteiger partial charge in [0.15, 0.2) is 0 Å². The number of benzene rings is 2. The molecule has 1 aromatic heterocycles. The van der Waals surface area contributed by atoms with Crippen LogP contribution in [0.1, 0.15) is 34.1 Å². The Morgan fingerprint density at radius 2 is 1.87 bits per heavy atom. The van der Waals surface area contributed by atoms with Gasteiger partial charge in [0.1, 0.15) is 5.75 Å². The maximum atomic E-state index is 12.6. The van der Waals surface area contributed by atoms with Gasteiger partial charge < -0.3 is 10.1 Å². The van der Waals surface area contributed by atoms with Crippen LogP contribution in [0.4, 0.5) is 13.2 Å². The Hall–Kier alpha value is -3.89. The van der Waals surface area contributed by atoms with E-state index in [9.17, 15) is 22.8 Å². The molecule has 3 rings (SSSR count). The molecule has 0 radical (unpaired) electrons. The molecule has 31 heavy (non-hydrogen) atoms. The zero-order chi connectivity index (χ0) is 22.4. The minimum Gasteiger partial charge on any atom is -0.494 e. The highest BCUT2D eigenvalue weighted by Crippen LogP contribution is 2.29. The van der Waals surface area contributed by atoms with Gasteiger partial charge in [-0.3, -0.25) is 9.59 Å². The number of aromatic amines is 1. The summed E-state index contributed by atoms with van der Waals surface area (Å²) in [7, 11) is 0. The SMILES string of the molecule is CCOc1ccc(C=Nn2[nH]nc(C(=O)NCc3ccc(C(F)(F)F)cc3)c2=O)cc1. The highest BCUT2D eigenvalue weighted by atomic mass is 19.4. The molecular weight excluding hydrogens is 415 g/mol. The molecule has 162 valence electrons. The third-order valence-corrected chi connectivity index (χ3v) is 4.11. The lowest BCUT2D eigenvalue weighted by atomic mass is 10.1. The Labute approximate surface area is 174 Å². The van der Waals surface area contributed by atoms with Gasteiger partial charge in [-0.1, -0.05) is 12.1 Å². The number of carbonyl (C=O) groups excluding carboxylic acids is 1. The van der Waals surface area contributed by atoms with Crippen molar-refractivity contribution in [1.82, 2.24) is 20.4 Å². The third-order valence-electron chi connectivity index (χ3n) is 4.11. The number of nitrogens with zero attached hydrogens (tertiary/aromatic N) is 3. The molecule has 1 amide bonds. The number of hydrogen-bond acceptors (Lipinski definition) is 5. The van der Waals surface area contributed by atoms with Gasteiger partial charge in [0.2, 0.25) is 5.69 Å². The van der Waals surface area contributed by atoms with E-state index in [1.165, 1.54) is 18.3 Å². The molecule has 2 N–H and O–H groups in total. The number of H-pyrrole nitrogens is 1. The molecule has 0 saturated heterocycles. The van der Waals surface area contributed by atoms with Crippen molar-refractivity contribution >= 4 is 12.1 Å². The lowest BCUT2D eigenvalue weighted by molar-refractivity contribution is -0.137. The van der Waals surface area contributed by atoms with Crippen LogP contribution in [-0.2, 0) is 12.7 Å². The predicted octanol–water partition coefficient (Wildman–Crippen LogP) is 2.80. The molecule has 1 heterocycles. The van der Waals surface area contributed by atoms with Crippen LogP contribution in [0.15, 0.2) is 58.4 Å². The van der Waals surface area contributed by atoms with Crippen LogP contribution in [0.5, 0.6) is 5.75 Å². The van der Waals surface area contributed by atoms with E-state index >= 15 is 0 Å². The maximum Gasteiger partial charge on any atom is 0.416 e. The molecule has 11 heteroatoms. The van der Waals surface area contributed by atoms with Gasteiger partial charge >= 0.3 is 11.7 Å². The molecule has 8 nitrogen and oxygen atoms in total. The van der Waals surface area contributed by atoms with E-state index in [2.05, 4.69) is 20.7 Å². The van der Waals surface area contributed by atoms with Gasteiger partial charge in [0.05, 0.1) is 18.4 Å². The van der Waals surface area contributed by atoms with E-state index in [0.29, 0.717) is 23.5 Å². The maximum absolute atomic E-state index is 12.6. The van der Waals surface area contributed by atoms with Crippen molar-refractivity contribution in [3.8, 4) is 5.75 Å². The Balaban J connectivity index is 1.62. The number of amides is 1. The topological polar surface area (TPSA) is 101 Å². The largest absolute Gasteiger partial charge is 0.494 e. The first-order valence-corrected chi connectivity index (χ1v) is 9.17. The summed E-state index contributed by atoms with van der Waals surface area (Å²) in [5.74, 6) is -0.0819. The van der Waals surface area contributed by atoms with E-state index in [0.717, 1.165) is 16.9 Å². The van der Waals surface area contributed by atoms with Gasteiger partial charge in [-0.2, -0.15) is 23.5 Å². The average molecular weight is 433 g/mol. The summed E-state index contributed by atoms with van der Waals surface area (Å²) in [4.78, 5) is 25.3. The molecule has 0 aliphatic heterocycles. The molecule has 2 aromatic carbocycles. The Morgan fingerprint density at radius 1 is 1.19 bits per heavy atom. The van der Waals surface area contributed by atoms with Gasteiger partial charge in [0, 0.05) is 6.54 Å². The second-order valence-electron chi connectivity index (χ2n) is 6.30. The molecule has 0 atom stereocenters. The molecule has 0 aliphatic carbocycles. The fourth-order valence-electron chi connectivity index (χ4n) is 2.54. The summed E-state index contributed by atoms with van der Waals surface area (Å²) in [5, 5.41) is 12.4. The number of carbonyl (C=O) groups is 1. The molecule has 0 unspecified atom stereocenters. The highest BCUT2D eigenvalue weighted by molar-refractivity contribution is 5.91. The van der Waals surface area contributed by atoms with Crippen molar-refractivity contribution in [2.45, 2.75) is 19.6 Å². The standard InChI is InChI=1S/C20H18F3N5O3/c1-2-31-16-9-5-14(6-10-16)12-25-28-19(30)17(26-27-28)18(29)24-11-13-3-7-15(8-4-13)20(21,22)23/h3-10,12,27H,2,11H2,1H3,(H,24,29).